The minimum atomic E-state index is -0.235. The molecule has 20 heavy (non-hydrogen) atoms. The van der Waals surface area contributed by atoms with E-state index in [0.717, 1.165) is 34.0 Å². The average molecular weight is 291 g/mol. The maximum absolute atomic E-state index is 11.8. The third-order valence-electron chi connectivity index (χ3n) is 3.00. The molecule has 1 amide bonds. The topological polar surface area (TPSA) is 64.1 Å². The largest absolute Gasteiger partial charge is 0.483 e. The molecule has 1 aromatic heterocycles. The second kappa shape index (κ2) is 6.00. The lowest BCUT2D eigenvalue weighted by Gasteiger charge is -2.13. The highest BCUT2D eigenvalue weighted by atomic mass is 32.1. The molecule has 0 fully saturated rings. The normalized spacial score (nSPS) is 10.4. The van der Waals surface area contributed by atoms with Crippen LogP contribution in [-0.2, 0) is 4.79 Å². The minimum absolute atomic E-state index is 0.0379. The van der Waals surface area contributed by atoms with Crippen LogP contribution < -0.4 is 10.1 Å². The number of carbonyl (C=O) groups is 1. The second-order valence-electron chi connectivity index (χ2n) is 4.64. The molecule has 1 aromatic carbocycles. The van der Waals surface area contributed by atoms with E-state index in [2.05, 4.69) is 14.7 Å². The van der Waals surface area contributed by atoms with Crippen molar-refractivity contribution in [1.29, 1.82) is 0 Å². The molecular formula is C14H17N3O2S. The first-order valence-corrected chi connectivity index (χ1v) is 7.04. The Hall–Kier alpha value is -1.95. The van der Waals surface area contributed by atoms with E-state index in [9.17, 15) is 4.79 Å². The zero-order valence-corrected chi connectivity index (χ0v) is 12.8. The molecule has 0 aliphatic rings. The van der Waals surface area contributed by atoms with Gasteiger partial charge in [-0.25, -0.2) is 4.98 Å². The predicted octanol–water partition coefficient (Wildman–Crippen LogP) is 2.79. The lowest BCUT2D eigenvalue weighted by molar-refractivity contribution is -0.118. The van der Waals surface area contributed by atoms with Crippen LogP contribution in [0.3, 0.4) is 0 Å². The Labute approximate surface area is 122 Å². The Morgan fingerprint density at radius 3 is 2.60 bits per heavy atom. The fourth-order valence-electron chi connectivity index (χ4n) is 1.79. The zero-order chi connectivity index (χ0) is 14.7. The molecule has 0 aliphatic carbocycles. The lowest BCUT2D eigenvalue weighted by Crippen LogP contribution is -2.20. The van der Waals surface area contributed by atoms with Crippen molar-refractivity contribution < 1.29 is 9.53 Å². The number of nitrogens with one attached hydrogen (secondary N) is 1. The van der Waals surface area contributed by atoms with Crippen LogP contribution in [0.25, 0.3) is 0 Å². The van der Waals surface area contributed by atoms with Gasteiger partial charge in [0.2, 0.25) is 5.13 Å². The van der Waals surface area contributed by atoms with Gasteiger partial charge >= 0.3 is 0 Å². The molecule has 0 radical (unpaired) electrons. The van der Waals surface area contributed by atoms with Crippen LogP contribution in [0, 0.1) is 27.7 Å². The lowest BCUT2D eigenvalue weighted by atomic mass is 10.1. The number of hydrogen-bond acceptors (Lipinski definition) is 5. The van der Waals surface area contributed by atoms with E-state index in [1.807, 2.05) is 32.9 Å². The number of rotatable bonds is 4. The quantitative estimate of drug-likeness (QED) is 0.940. The van der Waals surface area contributed by atoms with Crippen LogP contribution >= 0.6 is 11.5 Å². The van der Waals surface area contributed by atoms with E-state index >= 15 is 0 Å². The summed E-state index contributed by atoms with van der Waals surface area (Å²) < 4.78 is 9.64. The Morgan fingerprint density at radius 2 is 1.95 bits per heavy atom. The molecule has 1 heterocycles. The van der Waals surface area contributed by atoms with Crippen molar-refractivity contribution in [2.24, 2.45) is 0 Å². The van der Waals surface area contributed by atoms with Crippen molar-refractivity contribution >= 4 is 22.6 Å². The van der Waals surface area contributed by atoms with Crippen LogP contribution in [0.4, 0.5) is 5.13 Å². The highest BCUT2D eigenvalue weighted by Gasteiger charge is 2.10. The van der Waals surface area contributed by atoms with Crippen LogP contribution in [-0.4, -0.2) is 21.9 Å². The molecule has 2 rings (SSSR count). The summed E-state index contributed by atoms with van der Waals surface area (Å²) in [7, 11) is 0. The van der Waals surface area contributed by atoms with Gasteiger partial charge in [-0.05, 0) is 44.4 Å². The minimum Gasteiger partial charge on any atom is -0.483 e. The highest BCUT2D eigenvalue weighted by Crippen LogP contribution is 2.25. The molecule has 0 saturated carbocycles. The molecule has 1 N–H and O–H groups in total. The number of benzene rings is 1. The summed E-state index contributed by atoms with van der Waals surface area (Å²) in [6.07, 6.45) is 0. The summed E-state index contributed by atoms with van der Waals surface area (Å²) in [5.41, 5.74) is 3.22. The summed E-state index contributed by atoms with van der Waals surface area (Å²) in [5.74, 6) is 1.19. The Balaban J connectivity index is 1.98. The van der Waals surface area contributed by atoms with E-state index in [1.54, 1.807) is 6.92 Å². The maximum Gasteiger partial charge on any atom is 0.264 e. The first kappa shape index (κ1) is 14.5. The molecule has 0 unspecified atom stereocenters. The smallest absolute Gasteiger partial charge is 0.264 e. The fraction of sp³-hybridized carbons (Fsp3) is 0.357. The summed E-state index contributed by atoms with van der Waals surface area (Å²) in [5, 5.41) is 3.16. The van der Waals surface area contributed by atoms with Crippen LogP contribution in [0.1, 0.15) is 22.5 Å². The maximum atomic E-state index is 11.8. The van der Waals surface area contributed by atoms with Gasteiger partial charge in [0.05, 0.1) is 0 Å². The van der Waals surface area contributed by atoms with Crippen molar-refractivity contribution in [2.45, 2.75) is 27.7 Å². The summed E-state index contributed by atoms with van der Waals surface area (Å²) in [4.78, 5) is 15.9. The Morgan fingerprint density at radius 1 is 1.25 bits per heavy atom. The molecule has 5 nitrogen and oxygen atoms in total. The van der Waals surface area contributed by atoms with Gasteiger partial charge in [0.25, 0.3) is 5.91 Å². The van der Waals surface area contributed by atoms with Crippen molar-refractivity contribution in [2.75, 3.05) is 11.9 Å². The van der Waals surface area contributed by atoms with E-state index in [-0.39, 0.29) is 12.5 Å². The predicted molar refractivity (Wildman–Crippen MR) is 79.4 cm³/mol. The first-order valence-electron chi connectivity index (χ1n) is 6.27. The molecule has 0 aliphatic heterocycles. The molecule has 106 valence electrons. The molecule has 2 aromatic rings. The number of carbonyl (C=O) groups excluding carboxylic acids is 1. The molecule has 0 saturated heterocycles. The number of hydrogen-bond donors (Lipinski definition) is 1. The fourth-order valence-corrected chi connectivity index (χ4v) is 2.38. The van der Waals surface area contributed by atoms with Gasteiger partial charge in [0.15, 0.2) is 6.61 Å². The molecule has 0 spiro atoms. The van der Waals surface area contributed by atoms with E-state index in [1.165, 1.54) is 0 Å². The van der Waals surface area contributed by atoms with Crippen molar-refractivity contribution in [3.8, 4) is 5.75 Å². The van der Waals surface area contributed by atoms with Crippen molar-refractivity contribution in [3.63, 3.8) is 0 Å². The molecule has 6 heteroatoms. The number of aromatic nitrogens is 2. The van der Waals surface area contributed by atoms with E-state index in [4.69, 9.17) is 4.74 Å². The molecular weight excluding hydrogens is 274 g/mol. The van der Waals surface area contributed by atoms with Gasteiger partial charge < -0.3 is 4.74 Å². The SMILES string of the molecule is Cc1nsc(NC(=O)COc2c(C)ccc(C)c2C)n1. The Bertz CT molecular complexity index is 637. The standard InChI is InChI=1S/C14H17N3O2S/c1-8-5-6-9(2)13(10(8)3)19-7-12(18)16-14-15-11(4)17-20-14/h5-6H,7H2,1-4H3,(H,15,16,17,18). The van der Waals surface area contributed by atoms with E-state index in [0.29, 0.717) is 11.0 Å². The van der Waals surface area contributed by atoms with Gasteiger partial charge in [-0.15, -0.1) is 0 Å². The second-order valence-corrected chi connectivity index (χ2v) is 5.39. The van der Waals surface area contributed by atoms with Crippen LogP contribution in [0.2, 0.25) is 0 Å². The van der Waals surface area contributed by atoms with Crippen molar-refractivity contribution in [3.05, 3.63) is 34.6 Å². The highest BCUT2D eigenvalue weighted by molar-refractivity contribution is 7.09. The van der Waals surface area contributed by atoms with Gasteiger partial charge in [0.1, 0.15) is 11.6 Å². The van der Waals surface area contributed by atoms with E-state index < -0.39 is 0 Å². The Kier molecular flexibility index (Phi) is 4.34. The van der Waals surface area contributed by atoms with Crippen molar-refractivity contribution in [1.82, 2.24) is 9.36 Å². The average Bonchev–Trinajstić information content (AvgIpc) is 2.79. The van der Waals surface area contributed by atoms with Gasteiger partial charge in [0, 0.05) is 11.5 Å². The number of nitrogens with zero attached hydrogens (tertiary/aromatic N) is 2. The summed E-state index contributed by atoms with van der Waals surface area (Å²) in [6, 6.07) is 4.03. The molecule has 0 atom stereocenters. The number of amides is 1. The number of aryl methyl sites for hydroxylation is 3. The number of anilines is 1. The van der Waals surface area contributed by atoms with Crippen LogP contribution in [0.5, 0.6) is 5.75 Å². The monoisotopic (exact) mass is 291 g/mol. The summed E-state index contributed by atoms with van der Waals surface area (Å²) >= 11 is 1.16. The summed E-state index contributed by atoms with van der Waals surface area (Å²) in [6.45, 7) is 7.72. The first-order chi connectivity index (χ1) is 9.47. The van der Waals surface area contributed by atoms with Gasteiger partial charge in [-0.1, -0.05) is 12.1 Å². The van der Waals surface area contributed by atoms with Crippen LogP contribution in [0.15, 0.2) is 12.1 Å². The third-order valence-corrected chi connectivity index (χ3v) is 3.72. The zero-order valence-electron chi connectivity index (χ0n) is 12.0. The van der Waals surface area contributed by atoms with Gasteiger partial charge in [-0.3, -0.25) is 10.1 Å². The number of ether oxygens (including phenoxy) is 1. The van der Waals surface area contributed by atoms with Gasteiger partial charge in [-0.2, -0.15) is 4.37 Å². The molecule has 0 bridgehead atoms. The third kappa shape index (κ3) is 3.33.